The van der Waals surface area contributed by atoms with Crippen molar-refractivity contribution in [3.8, 4) is 11.8 Å². The van der Waals surface area contributed by atoms with Crippen LogP contribution < -0.4 is 10.5 Å². The zero-order valence-corrected chi connectivity index (χ0v) is 23.2. The molecule has 0 fully saturated rings. The molecule has 0 unspecified atom stereocenters. The quantitative estimate of drug-likeness (QED) is 0.395. The molecule has 0 saturated heterocycles. The molecule has 1 atom stereocenters. The second-order valence-corrected chi connectivity index (χ2v) is 11.0. The predicted octanol–water partition coefficient (Wildman–Crippen LogP) is 5.97. The minimum atomic E-state index is -0.443. The lowest BCUT2D eigenvalue weighted by Gasteiger charge is -2.37. The monoisotopic (exact) mass is 715 g/mol. The Morgan fingerprint density at radius 3 is 2.50 bits per heavy atom. The summed E-state index contributed by atoms with van der Waals surface area (Å²) in [6.45, 7) is 0.455. The van der Waals surface area contributed by atoms with E-state index in [9.17, 15) is 10.1 Å². The molecule has 8 heteroatoms. The van der Waals surface area contributed by atoms with Crippen LogP contribution in [0.2, 0.25) is 0 Å². The Hall–Kier alpha value is -1.58. The van der Waals surface area contributed by atoms with E-state index in [0.29, 0.717) is 30.0 Å². The fourth-order valence-electron chi connectivity index (χ4n) is 4.22. The van der Waals surface area contributed by atoms with Gasteiger partial charge in [0.25, 0.3) is 0 Å². The van der Waals surface area contributed by atoms with Gasteiger partial charge in [-0.2, -0.15) is 5.26 Å². The van der Waals surface area contributed by atoms with Crippen molar-refractivity contribution in [3.05, 3.63) is 81.8 Å². The van der Waals surface area contributed by atoms with Crippen LogP contribution in [0.5, 0.6) is 5.75 Å². The summed E-state index contributed by atoms with van der Waals surface area (Å²) in [5.41, 5.74) is 10.4. The van der Waals surface area contributed by atoms with E-state index in [2.05, 4.69) is 67.2 Å². The standard InChI is InChI=1S/C24H20BrI2N3O2/c1-30-19-3-2-4-20(31)22(19)21(16(11-28)24(30)29)14-9-17(26)23(18(27)10-14)32-12-13-5-7-15(25)8-6-13/h5-10,21H,2-4,12,29H2,1H3/t21-/m0/s1. The molecular formula is C24H20BrI2N3O2. The zero-order chi connectivity index (χ0) is 23.0. The molecule has 2 N–H and O–H groups in total. The van der Waals surface area contributed by atoms with Gasteiger partial charge in [-0.3, -0.25) is 4.79 Å². The molecular weight excluding hydrogens is 696 g/mol. The maximum absolute atomic E-state index is 13.0. The molecule has 0 radical (unpaired) electrons. The smallest absolute Gasteiger partial charge is 0.161 e. The van der Waals surface area contributed by atoms with Crippen LogP contribution in [0.15, 0.2) is 63.5 Å². The van der Waals surface area contributed by atoms with E-state index in [4.69, 9.17) is 10.5 Å². The summed E-state index contributed by atoms with van der Waals surface area (Å²) >= 11 is 7.96. The van der Waals surface area contributed by atoms with Crippen LogP contribution in [0.4, 0.5) is 0 Å². The van der Waals surface area contributed by atoms with Crippen LogP contribution >= 0.6 is 61.1 Å². The molecule has 0 amide bonds. The fourth-order valence-corrected chi connectivity index (χ4v) is 6.61. The summed E-state index contributed by atoms with van der Waals surface area (Å²) in [4.78, 5) is 14.8. The molecule has 2 aromatic carbocycles. The number of carbonyl (C=O) groups is 1. The highest BCUT2D eigenvalue weighted by Crippen LogP contribution is 2.45. The number of hydrogen-bond acceptors (Lipinski definition) is 5. The lowest BCUT2D eigenvalue weighted by molar-refractivity contribution is -0.116. The molecule has 2 aliphatic rings. The molecule has 5 nitrogen and oxygen atoms in total. The first-order valence-corrected chi connectivity index (χ1v) is 13.0. The summed E-state index contributed by atoms with van der Waals surface area (Å²) in [5.74, 6) is 0.877. The predicted molar refractivity (Wildman–Crippen MR) is 144 cm³/mol. The number of allylic oxidation sites excluding steroid dienone is 3. The molecule has 0 spiro atoms. The highest BCUT2D eigenvalue weighted by molar-refractivity contribution is 14.1. The molecule has 0 bridgehead atoms. The van der Waals surface area contributed by atoms with Gasteiger partial charge in [-0.25, -0.2) is 0 Å². The summed E-state index contributed by atoms with van der Waals surface area (Å²) in [7, 11) is 1.84. The first-order valence-electron chi connectivity index (χ1n) is 10.1. The van der Waals surface area contributed by atoms with Gasteiger partial charge in [0.1, 0.15) is 18.2 Å². The Morgan fingerprint density at radius 2 is 1.88 bits per heavy atom. The third-order valence-corrected chi connectivity index (χ3v) is 7.95. The van der Waals surface area contributed by atoms with Gasteiger partial charge >= 0.3 is 0 Å². The minimum absolute atomic E-state index is 0.101. The zero-order valence-electron chi connectivity index (χ0n) is 17.3. The number of nitriles is 1. The maximum atomic E-state index is 13.0. The maximum Gasteiger partial charge on any atom is 0.161 e. The normalized spacial score (nSPS) is 18.5. The van der Waals surface area contributed by atoms with E-state index in [-0.39, 0.29) is 5.78 Å². The van der Waals surface area contributed by atoms with E-state index in [1.807, 2.05) is 48.3 Å². The molecule has 0 aromatic heterocycles. The molecule has 4 rings (SSSR count). The summed E-state index contributed by atoms with van der Waals surface area (Å²) < 4.78 is 9.03. The first-order chi connectivity index (χ1) is 15.3. The Labute approximate surface area is 223 Å². The second-order valence-electron chi connectivity index (χ2n) is 7.77. The van der Waals surface area contributed by atoms with Gasteiger partial charge in [0.2, 0.25) is 0 Å². The molecule has 1 aliphatic carbocycles. The van der Waals surface area contributed by atoms with Gasteiger partial charge in [0.05, 0.1) is 24.7 Å². The Balaban J connectivity index is 1.72. The molecule has 164 valence electrons. The number of ketones is 1. The van der Waals surface area contributed by atoms with Gasteiger partial charge in [-0.15, -0.1) is 0 Å². The Morgan fingerprint density at radius 1 is 1.22 bits per heavy atom. The minimum Gasteiger partial charge on any atom is -0.487 e. The van der Waals surface area contributed by atoms with Crippen molar-refractivity contribution in [2.24, 2.45) is 5.73 Å². The van der Waals surface area contributed by atoms with Crippen molar-refractivity contribution in [1.82, 2.24) is 4.90 Å². The summed E-state index contributed by atoms with van der Waals surface area (Å²) in [6.07, 6.45) is 2.10. The van der Waals surface area contributed by atoms with Crippen LogP contribution in [0.25, 0.3) is 0 Å². The van der Waals surface area contributed by atoms with E-state index in [1.54, 1.807) is 0 Å². The van der Waals surface area contributed by atoms with Crippen molar-refractivity contribution in [2.45, 2.75) is 31.8 Å². The number of benzene rings is 2. The average Bonchev–Trinajstić information content (AvgIpc) is 2.77. The number of carbonyl (C=O) groups excluding carboxylic acids is 1. The largest absolute Gasteiger partial charge is 0.487 e. The molecule has 1 aliphatic heterocycles. The number of Topliss-reactive ketones (excluding diaryl/α,β-unsaturated/α-hetero) is 1. The van der Waals surface area contributed by atoms with Gasteiger partial charge in [0, 0.05) is 29.2 Å². The van der Waals surface area contributed by atoms with Gasteiger partial charge < -0.3 is 15.4 Å². The SMILES string of the molecule is CN1C(N)=C(C#N)[C@H](c2cc(I)c(OCc3ccc(Br)cc3)c(I)c2)C2=C1CCCC2=O. The second kappa shape index (κ2) is 9.73. The van der Waals surface area contributed by atoms with Crippen molar-refractivity contribution in [3.63, 3.8) is 0 Å². The van der Waals surface area contributed by atoms with E-state index >= 15 is 0 Å². The summed E-state index contributed by atoms with van der Waals surface area (Å²) in [6, 6.07) is 14.3. The number of hydrogen-bond donors (Lipinski definition) is 1. The molecule has 0 saturated carbocycles. The number of rotatable bonds is 4. The highest BCUT2D eigenvalue weighted by Gasteiger charge is 2.39. The van der Waals surface area contributed by atoms with Crippen molar-refractivity contribution >= 4 is 66.9 Å². The first kappa shape index (κ1) is 23.6. The van der Waals surface area contributed by atoms with Crippen LogP contribution in [-0.2, 0) is 11.4 Å². The van der Waals surface area contributed by atoms with Gasteiger partial charge in [0.15, 0.2) is 5.78 Å². The third-order valence-electron chi connectivity index (χ3n) is 5.82. The fraction of sp³-hybridized carbons (Fsp3) is 0.250. The van der Waals surface area contributed by atoms with E-state index in [1.165, 1.54) is 0 Å². The van der Waals surface area contributed by atoms with Crippen LogP contribution in [0.3, 0.4) is 0 Å². The average molecular weight is 716 g/mol. The topological polar surface area (TPSA) is 79.3 Å². The Kier molecular flexibility index (Phi) is 7.17. The lowest BCUT2D eigenvalue weighted by atomic mass is 9.76. The highest BCUT2D eigenvalue weighted by atomic mass is 127. The number of halogens is 3. The number of ether oxygens (including phenoxy) is 1. The van der Waals surface area contributed by atoms with Crippen molar-refractivity contribution in [1.29, 1.82) is 5.26 Å². The van der Waals surface area contributed by atoms with E-state index < -0.39 is 5.92 Å². The van der Waals surface area contributed by atoms with E-state index in [0.717, 1.165) is 47.0 Å². The van der Waals surface area contributed by atoms with Crippen molar-refractivity contribution in [2.75, 3.05) is 7.05 Å². The van der Waals surface area contributed by atoms with Crippen molar-refractivity contribution < 1.29 is 9.53 Å². The number of nitrogens with two attached hydrogens (primary N) is 1. The van der Waals surface area contributed by atoms with Gasteiger partial charge in [-0.05, 0) is 93.4 Å². The van der Waals surface area contributed by atoms with Crippen LogP contribution in [-0.4, -0.2) is 17.7 Å². The summed E-state index contributed by atoms with van der Waals surface area (Å²) in [5, 5.41) is 9.93. The number of nitrogens with zero attached hydrogens (tertiary/aromatic N) is 2. The lowest BCUT2D eigenvalue weighted by Crippen LogP contribution is -2.36. The molecule has 1 heterocycles. The molecule has 32 heavy (non-hydrogen) atoms. The van der Waals surface area contributed by atoms with Crippen LogP contribution in [0.1, 0.15) is 36.3 Å². The van der Waals surface area contributed by atoms with Gasteiger partial charge in [-0.1, -0.05) is 28.1 Å². The Bertz CT molecular complexity index is 1180. The van der Waals surface area contributed by atoms with Crippen LogP contribution in [0, 0.1) is 18.5 Å². The molecule has 2 aromatic rings. The third kappa shape index (κ3) is 4.43.